The maximum Gasteiger partial charge on any atom is 0.241 e. The summed E-state index contributed by atoms with van der Waals surface area (Å²) in [5, 5.41) is 0. The van der Waals surface area contributed by atoms with Crippen LogP contribution in [0.3, 0.4) is 0 Å². The fraction of sp³-hybridized carbons (Fsp3) is 0.364. The third kappa shape index (κ3) is 3.24. The quantitative estimate of drug-likeness (QED) is 0.795. The van der Waals surface area contributed by atoms with Gasteiger partial charge in [0.05, 0.1) is 15.4 Å². The van der Waals surface area contributed by atoms with Gasteiger partial charge in [-0.25, -0.2) is 8.42 Å². The summed E-state index contributed by atoms with van der Waals surface area (Å²) in [5.41, 5.74) is 4.67. The van der Waals surface area contributed by atoms with Crippen LogP contribution in [-0.4, -0.2) is 18.9 Å². The molecule has 0 saturated carbocycles. The van der Waals surface area contributed by atoms with Gasteiger partial charge in [0.1, 0.15) is 0 Å². The molecule has 3 N–H and O–H groups in total. The van der Waals surface area contributed by atoms with Gasteiger partial charge < -0.3 is 5.73 Å². The molecule has 0 heterocycles. The van der Waals surface area contributed by atoms with Crippen LogP contribution in [0.4, 0.5) is 0 Å². The molecule has 94 valence electrons. The van der Waals surface area contributed by atoms with E-state index in [1.54, 1.807) is 25.1 Å². The Bertz CT molecular complexity index is 499. The second kappa shape index (κ2) is 5.12. The summed E-state index contributed by atoms with van der Waals surface area (Å²) in [7, 11) is -3.59. The van der Waals surface area contributed by atoms with Crippen molar-refractivity contribution < 1.29 is 8.42 Å². The highest BCUT2D eigenvalue weighted by Crippen LogP contribution is 2.16. The van der Waals surface area contributed by atoms with Gasteiger partial charge in [0.25, 0.3) is 0 Å². The number of nitrogens with two attached hydrogens (primary N) is 1. The van der Waals surface area contributed by atoms with E-state index in [1.165, 1.54) is 12.1 Å². The summed E-state index contributed by atoms with van der Waals surface area (Å²) in [6.45, 7) is 3.50. The minimum absolute atomic E-state index is 0.138. The number of rotatable bonds is 5. The normalized spacial score (nSPS) is 15.2. The molecular weight excluding hydrogens is 256 g/mol. The van der Waals surface area contributed by atoms with Crippen molar-refractivity contribution in [2.45, 2.75) is 30.7 Å². The van der Waals surface area contributed by atoms with Crippen LogP contribution in [0.2, 0.25) is 0 Å². The molecule has 0 radical (unpaired) electrons. The van der Waals surface area contributed by atoms with Gasteiger partial charge in [-0.1, -0.05) is 37.3 Å². The van der Waals surface area contributed by atoms with Crippen molar-refractivity contribution in [3.8, 4) is 0 Å². The van der Waals surface area contributed by atoms with Gasteiger partial charge in [-0.2, -0.15) is 4.72 Å². The van der Waals surface area contributed by atoms with Crippen LogP contribution in [0, 0.1) is 0 Å². The lowest BCUT2D eigenvalue weighted by Gasteiger charge is -2.27. The molecule has 0 aromatic heterocycles. The second-order valence-electron chi connectivity index (χ2n) is 3.97. The molecule has 0 spiro atoms. The largest absolute Gasteiger partial charge is 0.392 e. The summed E-state index contributed by atoms with van der Waals surface area (Å²) >= 11 is 4.90. The zero-order valence-electron chi connectivity index (χ0n) is 9.80. The lowest BCUT2D eigenvalue weighted by atomic mass is 10.0. The predicted molar refractivity (Wildman–Crippen MR) is 72.2 cm³/mol. The zero-order chi connectivity index (χ0) is 13.1. The van der Waals surface area contributed by atoms with Crippen LogP contribution in [0.15, 0.2) is 35.2 Å². The van der Waals surface area contributed by atoms with Gasteiger partial charge in [-0.05, 0) is 25.5 Å². The minimum Gasteiger partial charge on any atom is -0.392 e. The molecule has 1 rings (SSSR count). The average Bonchev–Trinajstić information content (AvgIpc) is 2.29. The van der Waals surface area contributed by atoms with E-state index in [-0.39, 0.29) is 9.88 Å². The van der Waals surface area contributed by atoms with E-state index in [0.29, 0.717) is 6.42 Å². The van der Waals surface area contributed by atoms with Crippen molar-refractivity contribution in [3.63, 3.8) is 0 Å². The number of sulfonamides is 1. The monoisotopic (exact) mass is 272 g/mol. The molecule has 0 aliphatic heterocycles. The molecule has 0 aliphatic carbocycles. The van der Waals surface area contributed by atoms with E-state index >= 15 is 0 Å². The van der Waals surface area contributed by atoms with Crippen LogP contribution in [-0.2, 0) is 10.0 Å². The Kier molecular flexibility index (Phi) is 4.24. The van der Waals surface area contributed by atoms with Crippen molar-refractivity contribution in [2.75, 3.05) is 0 Å². The van der Waals surface area contributed by atoms with E-state index < -0.39 is 15.6 Å². The molecule has 0 amide bonds. The molecule has 4 nitrogen and oxygen atoms in total. The number of benzene rings is 1. The molecule has 0 bridgehead atoms. The van der Waals surface area contributed by atoms with Crippen molar-refractivity contribution in [2.24, 2.45) is 5.73 Å². The fourth-order valence-corrected chi connectivity index (χ4v) is 2.99. The van der Waals surface area contributed by atoms with Crippen molar-refractivity contribution in [1.82, 2.24) is 4.72 Å². The molecule has 1 aromatic rings. The Morgan fingerprint density at radius 2 is 1.94 bits per heavy atom. The van der Waals surface area contributed by atoms with E-state index in [2.05, 4.69) is 4.72 Å². The van der Waals surface area contributed by atoms with Crippen LogP contribution in [0.1, 0.15) is 20.3 Å². The fourth-order valence-electron chi connectivity index (χ4n) is 1.25. The maximum atomic E-state index is 12.1. The number of nitrogens with one attached hydrogen (secondary N) is 1. The Balaban J connectivity index is 3.07. The Labute approximate surface area is 107 Å². The van der Waals surface area contributed by atoms with Gasteiger partial charge in [0.15, 0.2) is 0 Å². The SMILES string of the molecule is CCC(C)(NS(=O)(=O)c1ccccc1)C(N)=S. The van der Waals surface area contributed by atoms with Crippen molar-refractivity contribution >= 4 is 27.2 Å². The zero-order valence-corrected chi connectivity index (χ0v) is 11.4. The third-order valence-corrected chi connectivity index (χ3v) is 4.73. The lowest BCUT2D eigenvalue weighted by Crippen LogP contribution is -2.53. The van der Waals surface area contributed by atoms with E-state index in [1.807, 2.05) is 6.92 Å². The summed E-state index contributed by atoms with van der Waals surface area (Å²) < 4.78 is 26.7. The van der Waals surface area contributed by atoms with E-state index in [9.17, 15) is 8.42 Å². The highest BCUT2D eigenvalue weighted by molar-refractivity contribution is 7.89. The van der Waals surface area contributed by atoms with Gasteiger partial charge in [0, 0.05) is 0 Å². The second-order valence-corrected chi connectivity index (χ2v) is 6.09. The summed E-state index contributed by atoms with van der Waals surface area (Å²) in [5.74, 6) is 0. The first kappa shape index (κ1) is 14.1. The Morgan fingerprint density at radius 1 is 1.41 bits per heavy atom. The van der Waals surface area contributed by atoms with Gasteiger partial charge >= 0.3 is 0 Å². The van der Waals surface area contributed by atoms with Crippen LogP contribution in [0.25, 0.3) is 0 Å². The molecule has 0 aliphatic rings. The number of hydrogen-bond donors (Lipinski definition) is 2. The first-order chi connectivity index (χ1) is 7.82. The molecule has 0 fully saturated rings. The third-order valence-electron chi connectivity index (χ3n) is 2.66. The summed E-state index contributed by atoms with van der Waals surface area (Å²) in [6, 6.07) is 8.14. The molecule has 0 saturated heterocycles. The Morgan fingerprint density at radius 3 is 2.35 bits per heavy atom. The molecule has 1 aromatic carbocycles. The standard InChI is InChI=1S/C11H16N2O2S2/c1-3-11(2,10(12)16)13-17(14,15)9-7-5-4-6-8-9/h4-8,13H,3H2,1-2H3,(H2,12,16). The minimum atomic E-state index is -3.59. The molecule has 1 atom stereocenters. The molecule has 1 unspecified atom stereocenters. The number of thiocarbonyl (C=S) groups is 1. The number of hydrogen-bond acceptors (Lipinski definition) is 3. The van der Waals surface area contributed by atoms with E-state index in [4.69, 9.17) is 18.0 Å². The van der Waals surface area contributed by atoms with E-state index in [0.717, 1.165) is 0 Å². The van der Waals surface area contributed by atoms with Gasteiger partial charge in [0.2, 0.25) is 10.0 Å². The topological polar surface area (TPSA) is 72.2 Å². The van der Waals surface area contributed by atoms with Gasteiger partial charge in [-0.3, -0.25) is 0 Å². The molecule has 17 heavy (non-hydrogen) atoms. The van der Waals surface area contributed by atoms with Crippen molar-refractivity contribution in [1.29, 1.82) is 0 Å². The summed E-state index contributed by atoms with van der Waals surface area (Å²) in [6.07, 6.45) is 0.494. The highest BCUT2D eigenvalue weighted by atomic mass is 32.2. The lowest BCUT2D eigenvalue weighted by molar-refractivity contribution is 0.511. The molecule has 6 heteroatoms. The average molecular weight is 272 g/mol. The van der Waals surface area contributed by atoms with Crippen LogP contribution < -0.4 is 10.5 Å². The first-order valence-electron chi connectivity index (χ1n) is 5.21. The van der Waals surface area contributed by atoms with Crippen LogP contribution in [0.5, 0.6) is 0 Å². The van der Waals surface area contributed by atoms with Crippen molar-refractivity contribution in [3.05, 3.63) is 30.3 Å². The molecular formula is C11H16N2O2S2. The Hall–Kier alpha value is -0.980. The highest BCUT2D eigenvalue weighted by Gasteiger charge is 2.31. The smallest absolute Gasteiger partial charge is 0.241 e. The predicted octanol–water partition coefficient (Wildman–Crippen LogP) is 1.42. The maximum absolute atomic E-state index is 12.1. The first-order valence-corrected chi connectivity index (χ1v) is 7.10. The summed E-state index contributed by atoms with van der Waals surface area (Å²) in [4.78, 5) is 0.343. The van der Waals surface area contributed by atoms with Gasteiger partial charge in [-0.15, -0.1) is 0 Å². The van der Waals surface area contributed by atoms with Crippen LogP contribution >= 0.6 is 12.2 Å².